The number of aryl methyl sites for hydroxylation is 2. The first kappa shape index (κ1) is 21.7. The van der Waals surface area contributed by atoms with Gasteiger partial charge < -0.3 is 4.57 Å². The standard InChI is InChI=1S/C21H19N7O2S2/c1-13-17(32-20(24-13)16-5-3-4-10-22-16)19(30)26-25-18(29)15-8-6-14(7-9-15)11-31-21-27-23-12-28(21)2/h3-10,12H,11H2,1-2H3,(H,25,29)(H,26,30). The van der Waals surface area contributed by atoms with Crippen molar-refractivity contribution in [2.24, 2.45) is 7.05 Å². The van der Waals surface area contributed by atoms with Gasteiger partial charge >= 0.3 is 0 Å². The highest BCUT2D eigenvalue weighted by molar-refractivity contribution is 7.98. The van der Waals surface area contributed by atoms with Gasteiger partial charge in [-0.05, 0) is 36.8 Å². The van der Waals surface area contributed by atoms with Gasteiger partial charge in [0.25, 0.3) is 11.8 Å². The first-order valence-electron chi connectivity index (χ1n) is 9.56. The summed E-state index contributed by atoms with van der Waals surface area (Å²) in [6, 6.07) is 12.7. The molecule has 0 spiro atoms. The lowest BCUT2D eigenvalue weighted by Crippen LogP contribution is -2.41. The van der Waals surface area contributed by atoms with Gasteiger partial charge in [-0.3, -0.25) is 25.4 Å². The summed E-state index contributed by atoms with van der Waals surface area (Å²) in [6.45, 7) is 1.75. The van der Waals surface area contributed by atoms with Gasteiger partial charge in [0.2, 0.25) is 0 Å². The molecule has 2 N–H and O–H groups in total. The van der Waals surface area contributed by atoms with E-state index in [-0.39, 0.29) is 0 Å². The van der Waals surface area contributed by atoms with Gasteiger partial charge in [0, 0.05) is 24.6 Å². The van der Waals surface area contributed by atoms with Crippen LogP contribution in [0.4, 0.5) is 0 Å². The highest BCUT2D eigenvalue weighted by Crippen LogP contribution is 2.26. The number of hydrogen-bond acceptors (Lipinski definition) is 8. The van der Waals surface area contributed by atoms with Gasteiger partial charge in [-0.2, -0.15) is 0 Å². The molecule has 1 aromatic carbocycles. The number of hydrazine groups is 1. The van der Waals surface area contributed by atoms with Crippen LogP contribution in [0.3, 0.4) is 0 Å². The van der Waals surface area contributed by atoms with Gasteiger partial charge in [0.15, 0.2) is 5.16 Å². The SMILES string of the molecule is Cc1nc(-c2ccccn2)sc1C(=O)NNC(=O)c1ccc(CSc2nncn2C)cc1. The zero-order valence-electron chi connectivity index (χ0n) is 17.3. The molecular weight excluding hydrogens is 446 g/mol. The van der Waals surface area contributed by atoms with Crippen molar-refractivity contribution in [1.82, 2.24) is 35.6 Å². The van der Waals surface area contributed by atoms with Crippen LogP contribution in [0, 0.1) is 6.92 Å². The van der Waals surface area contributed by atoms with Crippen LogP contribution in [0.15, 0.2) is 60.1 Å². The maximum absolute atomic E-state index is 12.5. The molecular formula is C21H19N7O2S2. The van der Waals surface area contributed by atoms with E-state index < -0.39 is 11.8 Å². The van der Waals surface area contributed by atoms with Crippen molar-refractivity contribution in [2.45, 2.75) is 17.8 Å². The highest BCUT2D eigenvalue weighted by Gasteiger charge is 2.17. The minimum Gasteiger partial charge on any atom is -0.312 e. The number of pyridine rings is 1. The molecule has 32 heavy (non-hydrogen) atoms. The molecule has 4 aromatic rings. The number of thioether (sulfide) groups is 1. The van der Waals surface area contributed by atoms with E-state index in [4.69, 9.17) is 0 Å². The summed E-state index contributed by atoms with van der Waals surface area (Å²) in [5.41, 5.74) is 7.66. The van der Waals surface area contributed by atoms with Gasteiger partial charge in [-0.25, -0.2) is 4.98 Å². The van der Waals surface area contributed by atoms with Crippen molar-refractivity contribution in [3.8, 4) is 10.7 Å². The van der Waals surface area contributed by atoms with E-state index in [0.29, 0.717) is 32.6 Å². The Balaban J connectivity index is 1.33. The van der Waals surface area contributed by atoms with E-state index in [1.807, 2.05) is 41.9 Å². The summed E-state index contributed by atoms with van der Waals surface area (Å²) < 4.78 is 1.85. The maximum atomic E-state index is 12.5. The van der Waals surface area contributed by atoms with Crippen molar-refractivity contribution in [3.63, 3.8) is 0 Å². The third kappa shape index (κ3) is 5.01. The van der Waals surface area contributed by atoms with E-state index in [1.54, 1.807) is 43.3 Å². The van der Waals surface area contributed by atoms with Crippen molar-refractivity contribution >= 4 is 34.9 Å². The molecule has 3 heterocycles. The third-order valence-electron chi connectivity index (χ3n) is 4.43. The molecule has 0 bridgehead atoms. The molecule has 9 nitrogen and oxygen atoms in total. The average Bonchev–Trinajstić information content (AvgIpc) is 3.42. The number of benzene rings is 1. The van der Waals surface area contributed by atoms with Gasteiger partial charge in [-0.1, -0.05) is 30.0 Å². The molecule has 0 aliphatic carbocycles. The topological polar surface area (TPSA) is 115 Å². The molecule has 0 atom stereocenters. The van der Waals surface area contributed by atoms with Crippen LogP contribution in [0.5, 0.6) is 0 Å². The molecule has 0 radical (unpaired) electrons. The van der Waals surface area contributed by atoms with Crippen molar-refractivity contribution in [1.29, 1.82) is 0 Å². The fourth-order valence-corrected chi connectivity index (χ4v) is 4.53. The van der Waals surface area contributed by atoms with Crippen LogP contribution in [0.25, 0.3) is 10.7 Å². The lowest BCUT2D eigenvalue weighted by molar-refractivity contribution is 0.0848. The Bertz CT molecular complexity index is 1240. The largest absolute Gasteiger partial charge is 0.312 e. The quantitative estimate of drug-likeness (QED) is 0.332. The molecule has 0 saturated heterocycles. The van der Waals surface area contributed by atoms with Gasteiger partial charge in [0.05, 0.1) is 11.4 Å². The van der Waals surface area contributed by atoms with E-state index >= 15 is 0 Å². The van der Waals surface area contributed by atoms with Gasteiger partial charge in [-0.15, -0.1) is 21.5 Å². The van der Waals surface area contributed by atoms with E-state index in [9.17, 15) is 9.59 Å². The molecule has 0 unspecified atom stereocenters. The predicted octanol–water partition coefficient (Wildman–Crippen LogP) is 3.01. The molecule has 162 valence electrons. The maximum Gasteiger partial charge on any atom is 0.281 e. The average molecular weight is 466 g/mol. The summed E-state index contributed by atoms with van der Waals surface area (Å²) >= 11 is 2.78. The second-order valence-corrected chi connectivity index (χ2v) is 8.71. The first-order chi connectivity index (χ1) is 15.5. The Morgan fingerprint density at radius 3 is 2.56 bits per heavy atom. The molecule has 4 rings (SSSR count). The minimum atomic E-state index is -0.424. The number of amides is 2. The van der Waals surface area contributed by atoms with Crippen molar-refractivity contribution < 1.29 is 9.59 Å². The number of aromatic nitrogens is 5. The predicted molar refractivity (Wildman–Crippen MR) is 122 cm³/mol. The number of nitrogens with zero attached hydrogens (tertiary/aromatic N) is 5. The number of carbonyl (C=O) groups excluding carboxylic acids is 2. The fraction of sp³-hybridized carbons (Fsp3) is 0.143. The zero-order valence-corrected chi connectivity index (χ0v) is 18.9. The van der Waals surface area contributed by atoms with E-state index in [2.05, 4.69) is 31.0 Å². The van der Waals surface area contributed by atoms with Gasteiger partial charge in [0.1, 0.15) is 16.2 Å². The third-order valence-corrected chi connectivity index (χ3v) is 6.71. The number of nitrogens with one attached hydrogen (secondary N) is 2. The zero-order chi connectivity index (χ0) is 22.5. The summed E-state index contributed by atoms with van der Waals surface area (Å²) in [7, 11) is 1.89. The second kappa shape index (κ2) is 9.71. The Kier molecular flexibility index (Phi) is 6.57. The summed E-state index contributed by atoms with van der Waals surface area (Å²) in [6.07, 6.45) is 3.32. The second-order valence-electron chi connectivity index (χ2n) is 6.77. The van der Waals surface area contributed by atoms with E-state index in [1.165, 1.54) is 11.3 Å². The first-order valence-corrected chi connectivity index (χ1v) is 11.4. The fourth-order valence-electron chi connectivity index (χ4n) is 2.75. The lowest BCUT2D eigenvalue weighted by Gasteiger charge is -2.07. The highest BCUT2D eigenvalue weighted by atomic mass is 32.2. The molecule has 3 aromatic heterocycles. The monoisotopic (exact) mass is 465 g/mol. The van der Waals surface area contributed by atoms with Crippen LogP contribution >= 0.6 is 23.1 Å². The minimum absolute atomic E-state index is 0.405. The molecule has 0 saturated carbocycles. The Morgan fingerprint density at radius 2 is 1.88 bits per heavy atom. The number of hydrogen-bond donors (Lipinski definition) is 2. The summed E-state index contributed by atoms with van der Waals surface area (Å²) in [5.74, 6) is -0.126. The Labute approximate surface area is 192 Å². The van der Waals surface area contributed by atoms with Crippen LogP contribution in [0.2, 0.25) is 0 Å². The van der Waals surface area contributed by atoms with E-state index in [0.717, 1.165) is 10.7 Å². The van der Waals surface area contributed by atoms with Crippen LogP contribution < -0.4 is 10.9 Å². The van der Waals surface area contributed by atoms with Crippen LogP contribution in [-0.2, 0) is 12.8 Å². The van der Waals surface area contributed by atoms with Crippen molar-refractivity contribution in [3.05, 3.63) is 76.7 Å². The lowest BCUT2D eigenvalue weighted by atomic mass is 10.1. The Hall–Kier alpha value is -3.57. The Morgan fingerprint density at radius 1 is 1.09 bits per heavy atom. The molecule has 0 aliphatic heterocycles. The number of carbonyl (C=O) groups is 2. The summed E-state index contributed by atoms with van der Waals surface area (Å²) in [5, 5.41) is 9.35. The smallest absolute Gasteiger partial charge is 0.281 e. The van der Waals surface area contributed by atoms with Crippen LogP contribution in [0.1, 0.15) is 31.3 Å². The van der Waals surface area contributed by atoms with Crippen molar-refractivity contribution in [2.75, 3.05) is 0 Å². The number of thiazole rings is 1. The normalized spacial score (nSPS) is 10.7. The summed E-state index contributed by atoms with van der Waals surface area (Å²) in [4.78, 5) is 34.0. The van der Waals surface area contributed by atoms with Crippen LogP contribution in [-0.4, -0.2) is 36.5 Å². The molecule has 2 amide bonds. The molecule has 11 heteroatoms. The number of rotatable bonds is 6. The molecule has 0 fully saturated rings. The molecule has 0 aliphatic rings.